The van der Waals surface area contributed by atoms with Crippen LogP contribution in [0.15, 0.2) is 66.0 Å². The fourth-order valence-electron chi connectivity index (χ4n) is 5.40. The van der Waals surface area contributed by atoms with E-state index in [4.69, 9.17) is 4.74 Å². The molecule has 2 aromatic heterocycles. The molecular formula is C29H34N6O4. The third kappa shape index (κ3) is 6.10. The van der Waals surface area contributed by atoms with Gasteiger partial charge in [0.15, 0.2) is 0 Å². The van der Waals surface area contributed by atoms with E-state index in [9.17, 15) is 14.4 Å². The van der Waals surface area contributed by atoms with Crippen LogP contribution in [0.4, 0.5) is 5.82 Å². The number of hydrogen-bond acceptors (Lipinski definition) is 7. The maximum Gasteiger partial charge on any atom is 0.255 e. The molecule has 0 saturated carbocycles. The fourth-order valence-corrected chi connectivity index (χ4v) is 5.40. The highest BCUT2D eigenvalue weighted by atomic mass is 16.5. The second-order valence-corrected chi connectivity index (χ2v) is 10.4. The van der Waals surface area contributed by atoms with Crippen molar-refractivity contribution in [2.75, 3.05) is 44.2 Å². The molecule has 1 N–H and O–H groups in total. The summed E-state index contributed by atoms with van der Waals surface area (Å²) in [6.45, 7) is 3.51. The Morgan fingerprint density at radius 2 is 1.82 bits per heavy atom. The Bertz CT molecular complexity index is 1370. The van der Waals surface area contributed by atoms with Crippen molar-refractivity contribution in [2.24, 2.45) is 12.5 Å². The van der Waals surface area contributed by atoms with E-state index in [1.54, 1.807) is 44.0 Å². The van der Waals surface area contributed by atoms with Crippen LogP contribution in [0.2, 0.25) is 0 Å². The molecule has 39 heavy (non-hydrogen) atoms. The van der Waals surface area contributed by atoms with Gasteiger partial charge in [0.2, 0.25) is 5.56 Å². The van der Waals surface area contributed by atoms with Gasteiger partial charge in [-0.05, 0) is 43.9 Å². The Morgan fingerprint density at radius 1 is 1.00 bits per heavy atom. The van der Waals surface area contributed by atoms with Gasteiger partial charge in [0, 0.05) is 69.8 Å². The van der Waals surface area contributed by atoms with Gasteiger partial charge in [-0.15, -0.1) is 0 Å². The molecular weight excluding hydrogens is 496 g/mol. The van der Waals surface area contributed by atoms with Gasteiger partial charge in [0.05, 0.1) is 23.9 Å². The van der Waals surface area contributed by atoms with Crippen LogP contribution in [-0.2, 0) is 7.05 Å². The first-order chi connectivity index (χ1) is 18.9. The van der Waals surface area contributed by atoms with Crippen molar-refractivity contribution in [3.05, 3.63) is 82.7 Å². The molecule has 0 radical (unpaired) electrons. The molecule has 2 aliphatic heterocycles. The van der Waals surface area contributed by atoms with Crippen molar-refractivity contribution in [1.82, 2.24) is 24.8 Å². The summed E-state index contributed by atoms with van der Waals surface area (Å²) >= 11 is 0. The number of ether oxygens (including phenoxy) is 1. The van der Waals surface area contributed by atoms with E-state index in [1.165, 1.54) is 10.6 Å². The normalized spacial score (nSPS) is 18.1. The smallest absolute Gasteiger partial charge is 0.255 e. The van der Waals surface area contributed by atoms with Crippen molar-refractivity contribution in [2.45, 2.75) is 25.7 Å². The summed E-state index contributed by atoms with van der Waals surface area (Å²) in [7, 11) is 1.65. The molecule has 3 aromatic rings. The molecule has 1 saturated heterocycles. The molecule has 1 aromatic carbocycles. The Kier molecular flexibility index (Phi) is 7.90. The largest absolute Gasteiger partial charge is 0.492 e. The molecule has 204 valence electrons. The predicted molar refractivity (Wildman–Crippen MR) is 147 cm³/mol. The van der Waals surface area contributed by atoms with Gasteiger partial charge in [0.25, 0.3) is 11.8 Å². The lowest BCUT2D eigenvalue weighted by Crippen LogP contribution is -2.46. The van der Waals surface area contributed by atoms with E-state index in [0.29, 0.717) is 49.7 Å². The van der Waals surface area contributed by atoms with E-state index in [1.807, 2.05) is 23.1 Å². The zero-order chi connectivity index (χ0) is 27.2. The zero-order valence-electron chi connectivity index (χ0n) is 22.2. The van der Waals surface area contributed by atoms with Crippen LogP contribution in [0.1, 0.15) is 46.4 Å². The number of nitrogens with one attached hydrogen (secondary N) is 1. The molecule has 5 rings (SSSR count). The number of hydrogen-bond donors (Lipinski definition) is 1. The molecule has 0 bridgehead atoms. The van der Waals surface area contributed by atoms with Crippen LogP contribution >= 0.6 is 0 Å². The van der Waals surface area contributed by atoms with Crippen LogP contribution in [0.25, 0.3) is 0 Å². The zero-order valence-corrected chi connectivity index (χ0v) is 22.2. The first-order valence-corrected chi connectivity index (χ1v) is 13.4. The molecule has 1 spiro atoms. The molecule has 2 amide bonds. The lowest BCUT2D eigenvalue weighted by Gasteiger charge is -2.42. The van der Waals surface area contributed by atoms with Crippen LogP contribution in [0, 0.1) is 5.41 Å². The van der Waals surface area contributed by atoms with E-state index in [0.717, 1.165) is 38.0 Å². The van der Waals surface area contributed by atoms with E-state index >= 15 is 0 Å². The number of carbonyl (C=O) groups excluding carboxylic acids is 2. The van der Waals surface area contributed by atoms with Gasteiger partial charge < -0.3 is 24.4 Å². The molecule has 0 aliphatic carbocycles. The first kappa shape index (κ1) is 26.4. The number of rotatable bonds is 2. The second kappa shape index (κ2) is 11.7. The summed E-state index contributed by atoms with van der Waals surface area (Å²) in [5, 5.41) is 3.01. The van der Waals surface area contributed by atoms with Crippen LogP contribution in [0.5, 0.6) is 5.75 Å². The molecule has 0 unspecified atom stereocenters. The second-order valence-electron chi connectivity index (χ2n) is 10.4. The molecule has 4 heterocycles. The molecule has 10 nitrogen and oxygen atoms in total. The maximum absolute atomic E-state index is 13.2. The minimum absolute atomic E-state index is 0.0677. The fraction of sp³-hybridized carbons (Fsp3) is 0.414. The van der Waals surface area contributed by atoms with Gasteiger partial charge in [-0.25, -0.2) is 4.98 Å². The number of aromatic nitrogens is 3. The lowest BCUT2D eigenvalue weighted by molar-refractivity contribution is 0.0364. The van der Waals surface area contributed by atoms with E-state index in [2.05, 4.69) is 20.2 Å². The van der Waals surface area contributed by atoms with E-state index in [-0.39, 0.29) is 22.8 Å². The predicted octanol–water partition coefficient (Wildman–Crippen LogP) is 2.51. The number of benzene rings is 1. The molecule has 2 aliphatic rings. The Morgan fingerprint density at radius 3 is 2.59 bits per heavy atom. The number of carbonyl (C=O) groups is 2. The number of aryl methyl sites for hydroxylation is 1. The minimum Gasteiger partial charge on any atom is -0.492 e. The highest BCUT2D eigenvalue weighted by Crippen LogP contribution is 2.38. The summed E-state index contributed by atoms with van der Waals surface area (Å²) in [6.07, 6.45) is 10.1. The van der Waals surface area contributed by atoms with Gasteiger partial charge in [-0.2, -0.15) is 0 Å². The number of piperidine rings is 1. The number of nitrogens with zero attached hydrogens (tertiary/aromatic N) is 5. The molecule has 0 atom stereocenters. The van der Waals surface area contributed by atoms with Crippen molar-refractivity contribution in [3.8, 4) is 5.75 Å². The first-order valence-electron chi connectivity index (χ1n) is 13.4. The number of anilines is 1. The third-order valence-corrected chi connectivity index (χ3v) is 7.79. The highest BCUT2D eigenvalue weighted by molar-refractivity contribution is 5.97. The van der Waals surface area contributed by atoms with Gasteiger partial charge >= 0.3 is 0 Å². The maximum atomic E-state index is 13.2. The summed E-state index contributed by atoms with van der Waals surface area (Å²) in [5.74, 6) is 1.12. The van der Waals surface area contributed by atoms with Crippen LogP contribution in [0.3, 0.4) is 0 Å². The number of pyridine rings is 1. The Labute approximate surface area is 227 Å². The van der Waals surface area contributed by atoms with Gasteiger partial charge in [0.1, 0.15) is 11.6 Å². The quantitative estimate of drug-likeness (QED) is 0.542. The van der Waals surface area contributed by atoms with Crippen LogP contribution in [-0.4, -0.2) is 70.6 Å². The number of fused-ring (bicyclic) bond motifs is 1. The molecule has 1 fully saturated rings. The highest BCUT2D eigenvalue weighted by Gasteiger charge is 2.37. The monoisotopic (exact) mass is 530 g/mol. The standard InChI is InChI=1S/C29H34N6O4/c1-33-20-22(7-8-26(33)36)28(38)35-16-10-29(11-17-35)9-4-15-34(25-19-30-12-13-31-25)18-14-32-27(37)23-5-2-3-6-24(23)39-21-29/h2-3,5-8,12-13,19-20H,4,9-11,14-18,21H2,1H3,(H,32,37). The topological polar surface area (TPSA) is 110 Å². The van der Waals surface area contributed by atoms with Crippen molar-refractivity contribution >= 4 is 17.6 Å². The molecule has 10 heteroatoms. The Hall–Kier alpha value is -4.21. The SMILES string of the molecule is Cn1cc(C(=O)N2CCC3(CCCN(c4cnccn4)CCNC(=O)c4ccccc4OC3)CC2)ccc1=O. The Balaban J connectivity index is 1.35. The summed E-state index contributed by atoms with van der Waals surface area (Å²) in [4.78, 5) is 50.7. The van der Waals surface area contributed by atoms with Gasteiger partial charge in [-0.1, -0.05) is 12.1 Å². The summed E-state index contributed by atoms with van der Waals surface area (Å²) in [5.41, 5.74) is 0.736. The van der Waals surface area contributed by atoms with Crippen molar-refractivity contribution < 1.29 is 14.3 Å². The van der Waals surface area contributed by atoms with Gasteiger partial charge in [-0.3, -0.25) is 19.4 Å². The van der Waals surface area contributed by atoms with Crippen molar-refractivity contribution in [3.63, 3.8) is 0 Å². The van der Waals surface area contributed by atoms with Crippen LogP contribution < -0.4 is 20.5 Å². The number of likely N-dealkylation sites (tertiary alicyclic amines) is 1. The van der Waals surface area contributed by atoms with Crippen molar-refractivity contribution in [1.29, 1.82) is 0 Å². The lowest BCUT2D eigenvalue weighted by atomic mass is 9.75. The average Bonchev–Trinajstić information content (AvgIpc) is 2.98. The number of para-hydroxylation sites is 1. The van der Waals surface area contributed by atoms with E-state index < -0.39 is 0 Å². The number of amides is 2. The average molecular weight is 531 g/mol. The summed E-state index contributed by atoms with van der Waals surface area (Å²) < 4.78 is 7.78. The summed E-state index contributed by atoms with van der Waals surface area (Å²) in [6, 6.07) is 10.4. The minimum atomic E-state index is -0.171. The third-order valence-electron chi connectivity index (χ3n) is 7.79.